The Morgan fingerprint density at radius 3 is 2.00 bits per heavy atom. The summed E-state index contributed by atoms with van der Waals surface area (Å²) in [6, 6.07) is 7.45. The highest BCUT2D eigenvalue weighted by atomic mass is 19.4. The van der Waals surface area contributed by atoms with Gasteiger partial charge in [-0.1, -0.05) is 80.1 Å². The van der Waals surface area contributed by atoms with Crippen LogP contribution < -0.4 is 15.5 Å². The fraction of sp³-hybridized carbons (Fsp3) is 0.639. The molecular formula is C36H57F3N4O2. The summed E-state index contributed by atoms with van der Waals surface area (Å²) >= 11 is 0. The molecule has 0 fully saturated rings. The number of hydrogen-bond acceptors (Lipinski definition) is 5. The summed E-state index contributed by atoms with van der Waals surface area (Å²) in [7, 11) is 0. The number of nitrogens with zero attached hydrogens (tertiary/aromatic N) is 2. The van der Waals surface area contributed by atoms with Gasteiger partial charge in [-0.25, -0.2) is 4.98 Å². The van der Waals surface area contributed by atoms with Gasteiger partial charge in [-0.2, -0.15) is 13.2 Å². The monoisotopic (exact) mass is 634 g/mol. The summed E-state index contributed by atoms with van der Waals surface area (Å²) in [4.78, 5) is 31.2. The number of amides is 1. The van der Waals surface area contributed by atoms with Gasteiger partial charge in [0.15, 0.2) is 5.78 Å². The van der Waals surface area contributed by atoms with E-state index in [0.29, 0.717) is 24.2 Å². The van der Waals surface area contributed by atoms with Crippen LogP contribution in [0, 0.1) is 5.92 Å². The van der Waals surface area contributed by atoms with Gasteiger partial charge in [0.05, 0.1) is 5.56 Å². The number of unbranched alkanes of at least 4 members (excludes halogenated alkanes) is 6. The van der Waals surface area contributed by atoms with Crippen LogP contribution in [0.4, 0.5) is 24.7 Å². The molecule has 2 aromatic rings. The van der Waals surface area contributed by atoms with Crippen LogP contribution in [-0.4, -0.2) is 42.9 Å². The summed E-state index contributed by atoms with van der Waals surface area (Å²) < 4.78 is 39.4. The Bertz CT molecular complexity index is 1120. The van der Waals surface area contributed by atoms with Crippen molar-refractivity contribution in [3.63, 3.8) is 0 Å². The summed E-state index contributed by atoms with van der Waals surface area (Å²) in [6.07, 6.45) is 8.90. The minimum absolute atomic E-state index is 0.00750. The lowest BCUT2D eigenvalue weighted by molar-refractivity contribution is -0.137. The Labute approximate surface area is 270 Å². The van der Waals surface area contributed by atoms with E-state index in [4.69, 9.17) is 0 Å². The molecule has 0 spiro atoms. The Kier molecular flexibility index (Phi) is 19.9. The lowest BCUT2D eigenvalue weighted by atomic mass is 9.93. The molecule has 6 nitrogen and oxygen atoms in total. The molecule has 254 valence electrons. The first kappa shape index (κ1) is 39.9. The second-order valence-corrected chi connectivity index (χ2v) is 11.6. The van der Waals surface area contributed by atoms with Crippen LogP contribution in [0.3, 0.4) is 0 Å². The van der Waals surface area contributed by atoms with Gasteiger partial charge in [-0.05, 0) is 62.4 Å². The van der Waals surface area contributed by atoms with Crippen molar-refractivity contribution in [1.29, 1.82) is 0 Å². The molecule has 45 heavy (non-hydrogen) atoms. The van der Waals surface area contributed by atoms with E-state index in [-0.39, 0.29) is 11.5 Å². The molecule has 0 aliphatic carbocycles. The van der Waals surface area contributed by atoms with E-state index >= 15 is 0 Å². The van der Waals surface area contributed by atoms with Gasteiger partial charge in [-0.3, -0.25) is 9.59 Å². The molecule has 0 saturated carbocycles. The Balaban J connectivity index is 0.000000450. The summed E-state index contributed by atoms with van der Waals surface area (Å²) in [5.41, 5.74) is 0.198. The number of anilines is 2. The van der Waals surface area contributed by atoms with Crippen molar-refractivity contribution in [2.75, 3.05) is 36.4 Å². The van der Waals surface area contributed by atoms with E-state index in [2.05, 4.69) is 48.2 Å². The number of alkyl halides is 3. The first-order valence-electron chi connectivity index (χ1n) is 17.0. The van der Waals surface area contributed by atoms with E-state index in [9.17, 15) is 22.8 Å². The molecule has 1 heterocycles. The van der Waals surface area contributed by atoms with Crippen molar-refractivity contribution in [3.8, 4) is 0 Å². The number of carbonyl (C=O) groups is 2. The molecular weight excluding hydrogens is 577 g/mol. The number of Topliss-reactive ketones (excluding diaryl/α,β-unsaturated/α-hetero) is 1. The zero-order chi connectivity index (χ0) is 33.7. The van der Waals surface area contributed by atoms with Crippen molar-refractivity contribution in [1.82, 2.24) is 10.3 Å². The topological polar surface area (TPSA) is 74.3 Å². The number of nitrogens with one attached hydrogen (secondary N) is 2. The van der Waals surface area contributed by atoms with Crippen LogP contribution in [0.25, 0.3) is 0 Å². The maximum Gasteiger partial charge on any atom is 0.417 e. The molecule has 9 heteroatoms. The standard InChI is InChI=1S/C18H26F3NO.C18H31N3O/c1-4-6-7-8-11-22-14-9-10-16(18(19,20)21)15(12-14)17(23)13(3)5-2;1-4-7-8-9-11-20-18(22)16-10-12-19-17(15-16)21(13-5-2)14-6-3/h9-10,12-13,22H,4-8,11H2,1-3H3;10,12,15H,4-9,11,13-14H2,1-3H3,(H,20,22). The highest BCUT2D eigenvalue weighted by Crippen LogP contribution is 2.34. The lowest BCUT2D eigenvalue weighted by Crippen LogP contribution is -2.27. The molecule has 0 bridgehead atoms. The van der Waals surface area contributed by atoms with Crippen molar-refractivity contribution in [2.45, 2.75) is 118 Å². The molecule has 0 aliphatic heterocycles. The first-order valence-corrected chi connectivity index (χ1v) is 17.0. The van der Waals surface area contributed by atoms with Gasteiger partial charge in [0.2, 0.25) is 0 Å². The number of halogens is 3. The number of benzene rings is 1. The third-order valence-corrected chi connectivity index (χ3v) is 7.64. The third kappa shape index (κ3) is 15.2. The Morgan fingerprint density at radius 1 is 0.822 bits per heavy atom. The number of hydrogen-bond donors (Lipinski definition) is 2. The molecule has 0 saturated heterocycles. The molecule has 2 N–H and O–H groups in total. The van der Waals surface area contributed by atoms with Gasteiger partial charge in [0.1, 0.15) is 5.82 Å². The van der Waals surface area contributed by atoms with Crippen LogP contribution in [0.2, 0.25) is 0 Å². The maximum atomic E-state index is 13.1. The normalized spacial score (nSPS) is 11.8. The Hall–Kier alpha value is -3.10. The third-order valence-electron chi connectivity index (χ3n) is 7.64. The van der Waals surface area contributed by atoms with E-state index < -0.39 is 23.4 Å². The van der Waals surface area contributed by atoms with E-state index in [1.54, 1.807) is 26.1 Å². The second-order valence-electron chi connectivity index (χ2n) is 11.6. The summed E-state index contributed by atoms with van der Waals surface area (Å²) in [5.74, 6) is 0.0424. The minimum atomic E-state index is -4.52. The SMILES string of the molecule is CCCCCCNC(=O)c1ccnc(N(CCC)CCC)c1.CCCCCCNc1ccc(C(F)(F)F)c(C(=O)C(C)CC)c1. The van der Waals surface area contributed by atoms with E-state index in [1.807, 2.05) is 6.07 Å². The predicted molar refractivity (Wildman–Crippen MR) is 181 cm³/mol. The number of pyridine rings is 1. The average Bonchev–Trinajstić information content (AvgIpc) is 3.03. The molecule has 1 atom stereocenters. The molecule has 0 aliphatic rings. The highest BCUT2D eigenvalue weighted by molar-refractivity contribution is 6.00. The fourth-order valence-corrected chi connectivity index (χ4v) is 4.81. The quantitative estimate of drug-likeness (QED) is 0.112. The number of aromatic nitrogens is 1. The molecule has 2 rings (SSSR count). The minimum Gasteiger partial charge on any atom is -0.385 e. The van der Waals surface area contributed by atoms with Crippen LogP contribution in [0.1, 0.15) is 138 Å². The zero-order valence-electron chi connectivity index (χ0n) is 28.5. The zero-order valence-corrected chi connectivity index (χ0v) is 28.5. The van der Waals surface area contributed by atoms with E-state index in [0.717, 1.165) is 76.5 Å². The summed E-state index contributed by atoms with van der Waals surface area (Å²) in [6.45, 7) is 15.5. The highest BCUT2D eigenvalue weighted by Gasteiger charge is 2.36. The first-order chi connectivity index (χ1) is 21.5. The van der Waals surface area contributed by atoms with Gasteiger partial charge in [-0.15, -0.1) is 0 Å². The van der Waals surface area contributed by atoms with E-state index in [1.165, 1.54) is 31.4 Å². The largest absolute Gasteiger partial charge is 0.417 e. The maximum absolute atomic E-state index is 13.1. The number of carbonyl (C=O) groups excluding carboxylic acids is 2. The smallest absolute Gasteiger partial charge is 0.385 e. The molecule has 1 aromatic carbocycles. The van der Waals surface area contributed by atoms with Gasteiger partial charge in [0.25, 0.3) is 5.91 Å². The van der Waals surface area contributed by atoms with Gasteiger partial charge in [0, 0.05) is 55.1 Å². The van der Waals surface area contributed by atoms with Crippen molar-refractivity contribution >= 4 is 23.2 Å². The summed E-state index contributed by atoms with van der Waals surface area (Å²) in [5, 5.41) is 6.12. The van der Waals surface area contributed by atoms with Crippen LogP contribution in [0.15, 0.2) is 36.5 Å². The Morgan fingerprint density at radius 2 is 1.44 bits per heavy atom. The second kappa shape index (κ2) is 22.4. The molecule has 1 aromatic heterocycles. The lowest BCUT2D eigenvalue weighted by Gasteiger charge is -2.22. The predicted octanol–water partition coefficient (Wildman–Crippen LogP) is 9.94. The number of ketones is 1. The molecule has 1 amide bonds. The van der Waals surface area contributed by atoms with Gasteiger partial charge < -0.3 is 15.5 Å². The van der Waals surface area contributed by atoms with Crippen molar-refractivity contribution in [2.24, 2.45) is 5.92 Å². The van der Waals surface area contributed by atoms with Crippen molar-refractivity contribution < 1.29 is 22.8 Å². The van der Waals surface area contributed by atoms with Crippen molar-refractivity contribution in [3.05, 3.63) is 53.2 Å². The van der Waals surface area contributed by atoms with Crippen LogP contribution in [-0.2, 0) is 6.18 Å². The fourth-order valence-electron chi connectivity index (χ4n) is 4.81. The number of rotatable bonds is 20. The van der Waals surface area contributed by atoms with Crippen LogP contribution in [0.5, 0.6) is 0 Å². The average molecular weight is 635 g/mol. The molecule has 1 unspecified atom stereocenters. The van der Waals surface area contributed by atoms with Gasteiger partial charge >= 0.3 is 6.18 Å². The van der Waals surface area contributed by atoms with Crippen LogP contribution >= 0.6 is 0 Å². The molecule has 0 radical (unpaired) electrons.